The first-order valence-electron chi connectivity index (χ1n) is 16.3. The van der Waals surface area contributed by atoms with Gasteiger partial charge in [0.25, 0.3) is 0 Å². The zero-order chi connectivity index (χ0) is 30.2. The number of hydrogen-bond donors (Lipinski definition) is 0. The zero-order valence-electron chi connectivity index (χ0n) is 26.5. The summed E-state index contributed by atoms with van der Waals surface area (Å²) in [5.41, 5.74) is 0. The van der Waals surface area contributed by atoms with E-state index in [4.69, 9.17) is 0 Å². The third kappa shape index (κ3) is 33.5. The van der Waals surface area contributed by atoms with Crippen LogP contribution < -0.4 is 17.4 Å². The number of carbonyl (C=O) groups excluding carboxylic acids is 2. The van der Waals surface area contributed by atoms with Crippen LogP contribution in [0.4, 0.5) is 0 Å². The van der Waals surface area contributed by atoms with Crippen molar-refractivity contribution in [1.82, 2.24) is 0 Å². The Morgan fingerprint density at radius 3 is 1.00 bits per heavy atom. The van der Waals surface area contributed by atoms with Crippen molar-refractivity contribution in [2.75, 3.05) is 0 Å². The van der Waals surface area contributed by atoms with Gasteiger partial charge in [-0.15, -0.1) is 0 Å². The monoisotopic (exact) mass is 792 g/mol. The predicted molar refractivity (Wildman–Crippen MR) is 177 cm³/mol. The quantitative estimate of drug-likeness (QED) is 0.104. The number of carbonyl (C=O) groups is 2. The van der Waals surface area contributed by atoms with E-state index in [0.29, 0.717) is 0 Å². The van der Waals surface area contributed by atoms with E-state index in [1.54, 1.807) is 0 Å². The second kappa shape index (κ2) is 34.5. The standard InChI is InChI=1S/2C12H24O2.2C6H5.2Sn/c2*1-2-3-4-5-6-7-8-9-10-11-12(13)14;2*1-2-4-6-5-3-1;;/h2*2-11H2,1H3,(H,13,14);2*1-5H;;/q;;;;+2;+4/p-2. The molecular weight excluding hydrogens is 734 g/mol. The molecule has 4 nitrogen and oxygen atoms in total. The molecule has 0 fully saturated rings. The molecule has 0 bridgehead atoms. The van der Waals surface area contributed by atoms with Crippen LogP contribution in [-0.4, -0.2) is 57.0 Å². The molecule has 0 radical (unpaired) electrons. The molecule has 0 N–H and O–H groups in total. The minimum atomic E-state index is -0.909. The first-order chi connectivity index (χ1) is 20.0. The van der Waals surface area contributed by atoms with Gasteiger partial charge >= 0.3 is 113 Å². The molecule has 6 heteroatoms. The van der Waals surface area contributed by atoms with Crippen LogP contribution in [0.15, 0.2) is 60.7 Å². The van der Waals surface area contributed by atoms with Crippen molar-refractivity contribution in [2.24, 2.45) is 0 Å². The van der Waals surface area contributed by atoms with Crippen molar-refractivity contribution in [2.45, 2.75) is 142 Å². The summed E-state index contributed by atoms with van der Waals surface area (Å²) < 4.78 is 3.08. The molecule has 0 atom stereocenters. The fraction of sp³-hybridized carbons (Fsp3) is 0.611. The molecule has 2 aromatic carbocycles. The van der Waals surface area contributed by atoms with Crippen LogP contribution in [0.25, 0.3) is 0 Å². The van der Waals surface area contributed by atoms with Gasteiger partial charge in [-0.2, -0.15) is 0 Å². The van der Waals surface area contributed by atoms with Gasteiger partial charge in [0.2, 0.25) is 0 Å². The second-order valence-corrected chi connectivity index (χ2v) is 14.8. The molecule has 0 aliphatic carbocycles. The average molecular weight is 790 g/mol. The van der Waals surface area contributed by atoms with Crippen molar-refractivity contribution < 1.29 is 19.8 Å². The van der Waals surface area contributed by atoms with Crippen molar-refractivity contribution >= 4 is 64.1 Å². The number of carboxylic acids is 2. The van der Waals surface area contributed by atoms with Gasteiger partial charge in [-0.3, -0.25) is 0 Å². The molecule has 228 valence electrons. The van der Waals surface area contributed by atoms with Crippen molar-refractivity contribution in [3.8, 4) is 0 Å². The maximum absolute atomic E-state index is 10.1. The Bertz CT molecular complexity index is 761. The van der Waals surface area contributed by atoms with Crippen molar-refractivity contribution in [1.29, 1.82) is 0 Å². The van der Waals surface area contributed by atoms with E-state index in [9.17, 15) is 19.8 Å². The Morgan fingerprint density at radius 2 is 0.738 bits per heavy atom. The number of benzene rings is 2. The van der Waals surface area contributed by atoms with E-state index in [1.807, 2.05) is 0 Å². The van der Waals surface area contributed by atoms with Gasteiger partial charge < -0.3 is 19.8 Å². The zero-order valence-corrected chi connectivity index (χ0v) is 32.3. The molecule has 42 heavy (non-hydrogen) atoms. The van der Waals surface area contributed by atoms with Gasteiger partial charge in [-0.05, 0) is 25.7 Å². The predicted octanol–water partition coefficient (Wildman–Crippen LogP) is 6.28. The van der Waals surface area contributed by atoms with E-state index >= 15 is 0 Å². The number of carboxylic acid groups (broad SMARTS) is 2. The number of hydrogen-bond acceptors (Lipinski definition) is 4. The van der Waals surface area contributed by atoms with E-state index < -0.39 is 33.1 Å². The second-order valence-electron chi connectivity index (χ2n) is 10.8. The Hall–Kier alpha value is -1.02. The fourth-order valence-corrected chi connectivity index (χ4v) is 7.37. The van der Waals surface area contributed by atoms with Crippen LogP contribution in [0.3, 0.4) is 0 Å². The molecule has 0 aliphatic rings. The molecule has 2 aromatic rings. The third-order valence-corrected chi connectivity index (χ3v) is 10.4. The molecular formula is C36H56O4Sn2+4. The summed E-state index contributed by atoms with van der Waals surface area (Å²) in [6.07, 6.45) is 22.3. The SMILES string of the molecule is CCCCCCCCCCCC(=O)[O-].CCCCCCCCCCCC(=O)[O-].[Sn+4].c1cc[c]([Sn+2][c]2ccccc2)cc1. The Kier molecular flexibility index (Phi) is 35.4. The first kappa shape index (κ1) is 43.1. The van der Waals surface area contributed by atoms with E-state index in [1.165, 1.54) is 97.1 Å². The van der Waals surface area contributed by atoms with Gasteiger partial charge in [-0.25, -0.2) is 0 Å². The molecule has 0 saturated carbocycles. The van der Waals surface area contributed by atoms with Gasteiger partial charge in [0, 0.05) is 11.9 Å². The Labute approximate surface area is 285 Å². The van der Waals surface area contributed by atoms with Crippen molar-refractivity contribution in [3.05, 3.63) is 60.7 Å². The summed E-state index contributed by atoms with van der Waals surface area (Å²) in [4.78, 5) is 20.2. The Balaban J connectivity index is 0. The number of unbranched alkanes of at least 4 members (excludes halogenated alkanes) is 16. The van der Waals surface area contributed by atoms with Gasteiger partial charge in [0.1, 0.15) is 0 Å². The van der Waals surface area contributed by atoms with Gasteiger partial charge in [0.05, 0.1) is 0 Å². The van der Waals surface area contributed by atoms with Gasteiger partial charge in [0.15, 0.2) is 0 Å². The molecule has 0 saturated heterocycles. The normalized spacial score (nSPS) is 9.76. The molecule has 0 aromatic heterocycles. The van der Waals surface area contributed by atoms with Crippen LogP contribution in [0, 0.1) is 0 Å². The van der Waals surface area contributed by atoms with Crippen LogP contribution in [0.5, 0.6) is 0 Å². The van der Waals surface area contributed by atoms with Gasteiger partial charge in [-0.1, -0.05) is 117 Å². The molecule has 0 unspecified atom stereocenters. The summed E-state index contributed by atoms with van der Waals surface area (Å²) in [7, 11) is 0. The topological polar surface area (TPSA) is 80.3 Å². The average Bonchev–Trinajstić information content (AvgIpc) is 2.97. The minimum absolute atomic E-state index is 0. The molecule has 0 heterocycles. The van der Waals surface area contributed by atoms with Crippen LogP contribution in [0.1, 0.15) is 142 Å². The summed E-state index contributed by atoms with van der Waals surface area (Å²) in [5, 5.41) is 20.2. The van der Waals surface area contributed by atoms with E-state index in [-0.39, 0.29) is 36.7 Å². The van der Waals surface area contributed by atoms with Crippen molar-refractivity contribution in [3.63, 3.8) is 0 Å². The van der Waals surface area contributed by atoms with E-state index in [2.05, 4.69) is 74.5 Å². The fourth-order valence-electron chi connectivity index (χ4n) is 4.37. The molecule has 0 spiro atoms. The third-order valence-electron chi connectivity index (χ3n) is 6.81. The van der Waals surface area contributed by atoms with Crippen LogP contribution in [0.2, 0.25) is 0 Å². The Morgan fingerprint density at radius 1 is 0.476 bits per heavy atom. The first-order valence-corrected chi connectivity index (χ1v) is 19.1. The molecule has 2 rings (SSSR count). The number of aliphatic carboxylic acids is 2. The van der Waals surface area contributed by atoms with E-state index in [0.717, 1.165) is 25.7 Å². The summed E-state index contributed by atoms with van der Waals surface area (Å²) >= 11 is -0.517. The molecule has 0 aliphatic heterocycles. The van der Waals surface area contributed by atoms with Crippen LogP contribution >= 0.6 is 0 Å². The van der Waals surface area contributed by atoms with Crippen LogP contribution in [-0.2, 0) is 9.59 Å². The maximum atomic E-state index is 10.1. The summed E-state index contributed by atoms with van der Waals surface area (Å²) in [6.45, 7) is 4.44. The molecule has 0 amide bonds. The summed E-state index contributed by atoms with van der Waals surface area (Å²) in [6, 6.07) is 21.6. The summed E-state index contributed by atoms with van der Waals surface area (Å²) in [5.74, 6) is -1.82. The number of rotatable bonds is 22.